The van der Waals surface area contributed by atoms with Gasteiger partial charge in [-0.3, -0.25) is 0 Å². The Morgan fingerprint density at radius 2 is 1.70 bits per heavy atom. The Morgan fingerprint density at radius 3 is 2.26 bits per heavy atom. The third kappa shape index (κ3) is 2.97. The van der Waals surface area contributed by atoms with E-state index in [0.717, 1.165) is 31.6 Å². The molecule has 1 saturated heterocycles. The van der Waals surface area contributed by atoms with E-state index in [1.165, 1.54) is 47.9 Å². The fourth-order valence-electron chi connectivity index (χ4n) is 3.72. The SMILES string of the molecule is NC(=Nc1c2c(cc3c1CCC3)CCC2)/N=C(\N)SC1CNC1. The van der Waals surface area contributed by atoms with Gasteiger partial charge in [-0.1, -0.05) is 17.8 Å². The van der Waals surface area contributed by atoms with Crippen LogP contribution < -0.4 is 16.8 Å². The second-order valence-corrected chi connectivity index (χ2v) is 7.85. The minimum absolute atomic E-state index is 0.289. The average molecular weight is 329 g/mol. The third-order valence-corrected chi connectivity index (χ3v) is 5.92. The van der Waals surface area contributed by atoms with Gasteiger partial charge in [0.2, 0.25) is 5.96 Å². The quantitative estimate of drug-likeness (QED) is 0.568. The number of hydrogen-bond acceptors (Lipinski definition) is 3. The Labute approximate surface area is 141 Å². The van der Waals surface area contributed by atoms with Crippen LogP contribution in [0.15, 0.2) is 16.1 Å². The van der Waals surface area contributed by atoms with E-state index in [-0.39, 0.29) is 5.96 Å². The molecule has 4 rings (SSSR count). The highest BCUT2D eigenvalue weighted by atomic mass is 32.2. The molecule has 1 heterocycles. The number of rotatable bonds is 2. The molecule has 0 bridgehead atoms. The van der Waals surface area contributed by atoms with E-state index in [2.05, 4.69) is 16.4 Å². The Balaban J connectivity index is 1.63. The van der Waals surface area contributed by atoms with Gasteiger partial charge in [-0.25, -0.2) is 4.99 Å². The molecule has 0 unspecified atom stereocenters. The van der Waals surface area contributed by atoms with E-state index in [1.807, 2.05) is 0 Å². The molecule has 122 valence electrons. The molecule has 0 spiro atoms. The number of benzene rings is 1. The molecule has 1 aromatic rings. The van der Waals surface area contributed by atoms with E-state index in [0.29, 0.717) is 10.4 Å². The molecule has 0 atom stereocenters. The number of thioether (sulfide) groups is 1. The fraction of sp³-hybridized carbons (Fsp3) is 0.529. The van der Waals surface area contributed by atoms with Crippen LogP contribution in [-0.4, -0.2) is 29.5 Å². The molecule has 3 aliphatic rings. The summed E-state index contributed by atoms with van der Waals surface area (Å²) in [6.45, 7) is 1.97. The number of guanidine groups is 1. The standard InChI is InChI=1S/C17H23N5S/c18-16(22-17(19)23-12-8-20-9-12)21-15-13-5-1-3-10(13)7-11-4-2-6-14(11)15/h7,12,20H,1-6,8-9H2,(H4,18,19,21,22). The Bertz CT molecular complexity index is 658. The summed E-state index contributed by atoms with van der Waals surface area (Å²) in [6, 6.07) is 2.40. The highest BCUT2D eigenvalue weighted by molar-refractivity contribution is 8.14. The van der Waals surface area contributed by atoms with Crippen LogP contribution in [0, 0.1) is 0 Å². The monoisotopic (exact) mass is 329 g/mol. The van der Waals surface area contributed by atoms with E-state index in [1.54, 1.807) is 11.8 Å². The van der Waals surface area contributed by atoms with Crippen molar-refractivity contribution >= 4 is 28.6 Å². The lowest BCUT2D eigenvalue weighted by Gasteiger charge is -2.25. The van der Waals surface area contributed by atoms with Crippen LogP contribution in [0.1, 0.15) is 35.1 Å². The number of nitrogens with one attached hydrogen (secondary N) is 1. The molecule has 23 heavy (non-hydrogen) atoms. The lowest BCUT2D eigenvalue weighted by atomic mass is 9.99. The lowest BCUT2D eigenvalue weighted by Crippen LogP contribution is -2.45. The van der Waals surface area contributed by atoms with Gasteiger partial charge in [-0.15, -0.1) is 0 Å². The summed E-state index contributed by atoms with van der Waals surface area (Å²) < 4.78 is 0. The molecule has 0 saturated carbocycles. The number of aliphatic imine (C=N–C) groups is 2. The molecule has 5 nitrogen and oxygen atoms in total. The number of nitrogens with two attached hydrogens (primary N) is 2. The topological polar surface area (TPSA) is 88.8 Å². The van der Waals surface area contributed by atoms with Crippen molar-refractivity contribution in [3.63, 3.8) is 0 Å². The van der Waals surface area contributed by atoms with Gasteiger partial charge >= 0.3 is 0 Å². The molecule has 0 amide bonds. The van der Waals surface area contributed by atoms with Crippen molar-refractivity contribution in [2.75, 3.05) is 13.1 Å². The Morgan fingerprint density at radius 1 is 1.04 bits per heavy atom. The molecule has 1 aliphatic heterocycles. The van der Waals surface area contributed by atoms with Gasteiger partial charge in [0.05, 0.1) is 5.69 Å². The number of nitrogens with zero attached hydrogens (tertiary/aromatic N) is 2. The first-order chi connectivity index (χ1) is 11.2. The number of hydrogen-bond donors (Lipinski definition) is 3. The minimum Gasteiger partial charge on any atom is -0.378 e. The van der Waals surface area contributed by atoms with Crippen molar-refractivity contribution in [1.82, 2.24) is 5.32 Å². The molecule has 0 radical (unpaired) electrons. The zero-order chi connectivity index (χ0) is 15.8. The third-order valence-electron chi connectivity index (χ3n) is 4.92. The highest BCUT2D eigenvalue weighted by Gasteiger charge is 2.24. The second-order valence-electron chi connectivity index (χ2n) is 6.53. The zero-order valence-corrected chi connectivity index (χ0v) is 14.1. The van der Waals surface area contributed by atoms with Gasteiger partial charge in [0.1, 0.15) is 0 Å². The van der Waals surface area contributed by atoms with Crippen LogP contribution in [0.3, 0.4) is 0 Å². The Hall–Kier alpha value is -1.53. The minimum atomic E-state index is 0.289. The molecule has 0 aromatic heterocycles. The van der Waals surface area contributed by atoms with Crippen molar-refractivity contribution in [2.24, 2.45) is 21.5 Å². The van der Waals surface area contributed by atoms with E-state index >= 15 is 0 Å². The number of fused-ring (bicyclic) bond motifs is 2. The van der Waals surface area contributed by atoms with E-state index in [4.69, 9.17) is 16.5 Å². The predicted octanol–water partition coefficient (Wildman–Crippen LogP) is 1.63. The zero-order valence-electron chi connectivity index (χ0n) is 13.3. The molecular formula is C17H23N5S. The lowest BCUT2D eigenvalue weighted by molar-refractivity contribution is 0.545. The maximum atomic E-state index is 6.08. The van der Waals surface area contributed by atoms with Crippen molar-refractivity contribution in [2.45, 2.75) is 43.8 Å². The number of amidine groups is 1. The van der Waals surface area contributed by atoms with E-state index < -0.39 is 0 Å². The summed E-state index contributed by atoms with van der Waals surface area (Å²) in [6.07, 6.45) is 6.99. The van der Waals surface area contributed by atoms with Gasteiger partial charge in [0.15, 0.2) is 5.17 Å². The van der Waals surface area contributed by atoms with Crippen LogP contribution >= 0.6 is 11.8 Å². The molecule has 6 heteroatoms. The molecule has 1 aromatic carbocycles. The van der Waals surface area contributed by atoms with Crippen LogP contribution in [0.4, 0.5) is 5.69 Å². The Kier molecular flexibility index (Phi) is 4.03. The van der Waals surface area contributed by atoms with Gasteiger partial charge in [-0.2, -0.15) is 4.99 Å². The molecule has 2 aliphatic carbocycles. The first-order valence-electron chi connectivity index (χ1n) is 8.43. The van der Waals surface area contributed by atoms with Crippen molar-refractivity contribution < 1.29 is 0 Å². The largest absolute Gasteiger partial charge is 0.378 e. The van der Waals surface area contributed by atoms with Crippen LogP contribution in [0.2, 0.25) is 0 Å². The predicted molar refractivity (Wildman–Crippen MR) is 97.6 cm³/mol. The maximum absolute atomic E-state index is 6.08. The molecular weight excluding hydrogens is 306 g/mol. The van der Waals surface area contributed by atoms with Crippen LogP contribution in [0.25, 0.3) is 0 Å². The summed E-state index contributed by atoms with van der Waals surface area (Å²) in [5.74, 6) is 0.289. The average Bonchev–Trinajstić information content (AvgIpc) is 3.11. The highest BCUT2D eigenvalue weighted by Crippen LogP contribution is 2.40. The first kappa shape index (κ1) is 15.0. The summed E-state index contributed by atoms with van der Waals surface area (Å²) in [5, 5.41) is 4.25. The summed E-state index contributed by atoms with van der Waals surface area (Å²) in [5.41, 5.74) is 18.9. The van der Waals surface area contributed by atoms with Crippen molar-refractivity contribution in [3.8, 4) is 0 Å². The maximum Gasteiger partial charge on any atom is 0.222 e. The van der Waals surface area contributed by atoms with Crippen LogP contribution in [0.5, 0.6) is 0 Å². The van der Waals surface area contributed by atoms with Gasteiger partial charge in [0.25, 0.3) is 0 Å². The number of aryl methyl sites for hydroxylation is 2. The fourth-order valence-corrected chi connectivity index (χ4v) is 4.61. The first-order valence-corrected chi connectivity index (χ1v) is 9.31. The van der Waals surface area contributed by atoms with Crippen molar-refractivity contribution in [3.05, 3.63) is 28.3 Å². The van der Waals surface area contributed by atoms with Gasteiger partial charge in [0, 0.05) is 18.3 Å². The molecule has 1 fully saturated rings. The van der Waals surface area contributed by atoms with Gasteiger partial charge in [-0.05, 0) is 60.8 Å². The summed E-state index contributed by atoms with van der Waals surface area (Å²) in [7, 11) is 0. The summed E-state index contributed by atoms with van der Waals surface area (Å²) in [4.78, 5) is 8.99. The van der Waals surface area contributed by atoms with Crippen molar-refractivity contribution in [1.29, 1.82) is 0 Å². The second kappa shape index (κ2) is 6.17. The normalized spacial score (nSPS) is 21.2. The summed E-state index contributed by atoms with van der Waals surface area (Å²) >= 11 is 1.58. The van der Waals surface area contributed by atoms with Gasteiger partial charge < -0.3 is 16.8 Å². The van der Waals surface area contributed by atoms with E-state index in [9.17, 15) is 0 Å². The smallest absolute Gasteiger partial charge is 0.222 e. The van der Waals surface area contributed by atoms with Crippen LogP contribution in [-0.2, 0) is 25.7 Å². The molecule has 5 N–H and O–H groups in total.